The maximum absolute atomic E-state index is 14.2. The van der Waals surface area contributed by atoms with Crippen LogP contribution in [0.1, 0.15) is 22.3 Å². The zero-order valence-corrected chi connectivity index (χ0v) is 37.4. The van der Waals surface area contributed by atoms with Gasteiger partial charge in [0.05, 0.1) is 16.4 Å². The standard InChI is InChI=1S/C65H41FN2O/c66-47-28-32-49(33-29-47)68-60-23-10-8-20-54(60)55-36-27-44(39-61(55)68)42-25-30-48(31-26-42)67(51-35-38-56-57-21-11-13-43-14-12-24-62(64(43)57)69-63(56)41-51)50-34-37-53-52-19-7-9-22-58(52)65(59(53)40-50,45-15-3-1-4-16-45)46-17-5-2-6-18-46/h1-41H. The van der Waals surface area contributed by atoms with Gasteiger partial charge in [0, 0.05) is 50.5 Å². The summed E-state index contributed by atoms with van der Waals surface area (Å²) in [7, 11) is 0. The molecule has 11 aromatic carbocycles. The lowest BCUT2D eigenvalue weighted by Gasteiger charge is -2.35. The van der Waals surface area contributed by atoms with Crippen molar-refractivity contribution in [2.24, 2.45) is 0 Å². The van der Waals surface area contributed by atoms with E-state index >= 15 is 0 Å². The van der Waals surface area contributed by atoms with E-state index in [4.69, 9.17) is 4.74 Å². The van der Waals surface area contributed by atoms with Gasteiger partial charge in [-0.3, -0.25) is 0 Å². The van der Waals surface area contributed by atoms with E-state index in [0.29, 0.717) is 0 Å². The normalized spacial score (nSPS) is 12.9. The first-order valence-corrected chi connectivity index (χ1v) is 23.5. The lowest BCUT2D eigenvalue weighted by atomic mass is 9.67. The van der Waals surface area contributed by atoms with E-state index in [-0.39, 0.29) is 5.82 Å². The maximum atomic E-state index is 14.2. The van der Waals surface area contributed by atoms with Crippen LogP contribution in [-0.2, 0) is 5.41 Å². The molecule has 0 saturated heterocycles. The van der Waals surface area contributed by atoms with Crippen LogP contribution in [0, 0.1) is 5.82 Å². The predicted molar refractivity (Wildman–Crippen MR) is 281 cm³/mol. The Morgan fingerprint density at radius 1 is 0.391 bits per heavy atom. The number of nitrogens with zero attached hydrogens (tertiary/aromatic N) is 2. The Hall–Kier alpha value is -8.99. The molecule has 1 aromatic heterocycles. The summed E-state index contributed by atoms with van der Waals surface area (Å²) in [6.07, 6.45) is 0. The third kappa shape index (κ3) is 5.92. The van der Waals surface area contributed by atoms with Gasteiger partial charge in [-0.05, 0) is 134 Å². The van der Waals surface area contributed by atoms with E-state index in [2.05, 4.69) is 234 Å². The Morgan fingerprint density at radius 3 is 1.78 bits per heavy atom. The average Bonchev–Trinajstić information content (AvgIpc) is 3.90. The van der Waals surface area contributed by atoms with Gasteiger partial charge in [-0.1, -0.05) is 164 Å². The van der Waals surface area contributed by atoms with Crippen LogP contribution in [-0.4, -0.2) is 4.57 Å². The lowest BCUT2D eigenvalue weighted by molar-refractivity contribution is 0.487. The van der Waals surface area contributed by atoms with E-state index in [0.717, 1.165) is 83.5 Å². The fourth-order valence-electron chi connectivity index (χ4n) is 11.5. The molecule has 0 amide bonds. The molecule has 2 aliphatic rings. The zero-order chi connectivity index (χ0) is 45.6. The van der Waals surface area contributed by atoms with Crippen molar-refractivity contribution in [2.75, 3.05) is 4.90 Å². The number of fused-ring (bicyclic) bond motifs is 8. The van der Waals surface area contributed by atoms with Gasteiger partial charge in [-0.2, -0.15) is 0 Å². The number of benzene rings is 11. The highest BCUT2D eigenvalue weighted by atomic mass is 19.1. The molecule has 4 heteroatoms. The van der Waals surface area contributed by atoms with Crippen LogP contribution in [0.4, 0.5) is 21.5 Å². The van der Waals surface area contributed by atoms with Crippen LogP contribution < -0.4 is 9.64 Å². The molecule has 0 spiro atoms. The first-order valence-electron chi connectivity index (χ1n) is 23.5. The van der Waals surface area contributed by atoms with E-state index in [9.17, 15) is 4.39 Å². The zero-order valence-electron chi connectivity index (χ0n) is 37.4. The number of halogens is 1. The first-order chi connectivity index (χ1) is 34.1. The number of hydrogen-bond donors (Lipinski definition) is 0. The minimum absolute atomic E-state index is 0.253. The lowest BCUT2D eigenvalue weighted by Crippen LogP contribution is -2.28. The molecule has 14 rings (SSSR count). The Kier molecular flexibility index (Phi) is 8.68. The number of para-hydroxylation sites is 1. The summed E-state index contributed by atoms with van der Waals surface area (Å²) in [5.74, 6) is 1.43. The molecule has 0 bridgehead atoms. The van der Waals surface area contributed by atoms with E-state index in [1.807, 2.05) is 12.1 Å². The predicted octanol–water partition coefficient (Wildman–Crippen LogP) is 17.3. The molecule has 0 fully saturated rings. The van der Waals surface area contributed by atoms with Gasteiger partial charge in [-0.25, -0.2) is 4.39 Å². The van der Waals surface area contributed by atoms with Crippen molar-refractivity contribution in [1.29, 1.82) is 0 Å². The van der Waals surface area contributed by atoms with Gasteiger partial charge in [0.1, 0.15) is 17.3 Å². The summed E-state index contributed by atoms with van der Waals surface area (Å²) in [6.45, 7) is 0. The van der Waals surface area contributed by atoms with Crippen molar-refractivity contribution in [3.63, 3.8) is 0 Å². The van der Waals surface area contributed by atoms with E-state index in [1.54, 1.807) is 0 Å². The highest BCUT2D eigenvalue weighted by molar-refractivity contribution is 6.10. The Labute approximate surface area is 399 Å². The Morgan fingerprint density at radius 2 is 1.00 bits per heavy atom. The van der Waals surface area contributed by atoms with Gasteiger partial charge in [0.25, 0.3) is 0 Å². The average molecular weight is 885 g/mol. The summed E-state index contributed by atoms with van der Waals surface area (Å²) in [5, 5.41) is 4.61. The van der Waals surface area contributed by atoms with Crippen molar-refractivity contribution in [3.05, 3.63) is 277 Å². The van der Waals surface area contributed by atoms with Crippen molar-refractivity contribution >= 4 is 49.6 Å². The topological polar surface area (TPSA) is 17.4 Å². The van der Waals surface area contributed by atoms with E-state index in [1.165, 1.54) is 51.1 Å². The van der Waals surface area contributed by atoms with Crippen LogP contribution in [0.3, 0.4) is 0 Å². The van der Waals surface area contributed by atoms with Crippen molar-refractivity contribution in [1.82, 2.24) is 4.57 Å². The van der Waals surface area contributed by atoms with Crippen molar-refractivity contribution in [3.8, 4) is 50.6 Å². The minimum Gasteiger partial charge on any atom is -0.456 e. The third-order valence-electron chi connectivity index (χ3n) is 14.5. The summed E-state index contributed by atoms with van der Waals surface area (Å²) in [5.41, 5.74) is 17.4. The number of hydrogen-bond acceptors (Lipinski definition) is 2. The first kappa shape index (κ1) is 39.2. The minimum atomic E-state index is -0.559. The van der Waals surface area contributed by atoms with Crippen LogP contribution in [0.25, 0.3) is 71.6 Å². The molecule has 0 unspecified atom stereocenters. The van der Waals surface area contributed by atoms with Gasteiger partial charge >= 0.3 is 0 Å². The molecule has 3 nitrogen and oxygen atoms in total. The molecule has 12 aromatic rings. The van der Waals surface area contributed by atoms with E-state index < -0.39 is 5.41 Å². The van der Waals surface area contributed by atoms with Crippen LogP contribution in [0.2, 0.25) is 0 Å². The molecule has 2 heterocycles. The van der Waals surface area contributed by atoms with Gasteiger partial charge in [0.15, 0.2) is 0 Å². The molecular formula is C65H41FN2O. The summed E-state index contributed by atoms with van der Waals surface area (Å²) >= 11 is 0. The smallest absolute Gasteiger partial charge is 0.137 e. The van der Waals surface area contributed by atoms with Gasteiger partial charge in [0.2, 0.25) is 0 Å². The monoisotopic (exact) mass is 884 g/mol. The van der Waals surface area contributed by atoms with Gasteiger partial charge in [-0.15, -0.1) is 0 Å². The number of ether oxygens (including phenoxy) is 1. The molecular weight excluding hydrogens is 844 g/mol. The van der Waals surface area contributed by atoms with Crippen LogP contribution in [0.15, 0.2) is 249 Å². The fraction of sp³-hybridized carbons (Fsp3) is 0.0154. The molecule has 0 saturated carbocycles. The summed E-state index contributed by atoms with van der Waals surface area (Å²) < 4.78 is 23.2. The molecule has 0 radical (unpaired) electrons. The molecule has 324 valence electrons. The second-order valence-electron chi connectivity index (χ2n) is 18.1. The molecule has 69 heavy (non-hydrogen) atoms. The largest absolute Gasteiger partial charge is 0.456 e. The molecule has 1 aliphatic heterocycles. The highest BCUT2D eigenvalue weighted by Crippen LogP contribution is 2.58. The third-order valence-corrected chi connectivity index (χ3v) is 14.5. The van der Waals surface area contributed by atoms with Crippen molar-refractivity contribution in [2.45, 2.75) is 5.41 Å². The quantitative estimate of drug-likeness (QED) is 0.159. The second-order valence-corrected chi connectivity index (χ2v) is 18.1. The van der Waals surface area contributed by atoms with Crippen molar-refractivity contribution < 1.29 is 9.13 Å². The molecule has 1 aliphatic carbocycles. The summed E-state index contributed by atoms with van der Waals surface area (Å²) in [4.78, 5) is 2.37. The fourth-order valence-corrected chi connectivity index (χ4v) is 11.5. The second kappa shape index (κ2) is 15.3. The Bertz CT molecular complexity index is 3940. The number of anilines is 3. The number of rotatable bonds is 7. The maximum Gasteiger partial charge on any atom is 0.137 e. The SMILES string of the molecule is Fc1ccc(-n2c3ccccc3c3ccc(-c4ccc(N(c5ccc6c(c5)Oc5cccc7cccc-6c57)c5ccc6c(c5)C(c5ccccc5)(c5ccccc5)c5ccccc5-6)cc4)cc32)cc1. The van der Waals surface area contributed by atoms with Crippen LogP contribution in [0.5, 0.6) is 11.5 Å². The molecule has 0 N–H and O–H groups in total. The summed E-state index contributed by atoms with van der Waals surface area (Å²) in [6, 6.07) is 88.0. The Balaban J connectivity index is 0.953. The highest BCUT2D eigenvalue weighted by Gasteiger charge is 2.46. The number of aromatic nitrogens is 1. The molecule has 0 atom stereocenters. The van der Waals surface area contributed by atoms with Gasteiger partial charge < -0.3 is 14.2 Å². The van der Waals surface area contributed by atoms with Crippen LogP contribution >= 0.6 is 0 Å².